The summed E-state index contributed by atoms with van der Waals surface area (Å²) in [6.45, 7) is 0. The fourth-order valence-electron chi connectivity index (χ4n) is 2.37. The lowest BCUT2D eigenvalue weighted by molar-refractivity contribution is -0.274. The number of hydrogen-bond donors (Lipinski definition) is 1. The van der Waals surface area contributed by atoms with Crippen molar-refractivity contribution in [3.63, 3.8) is 0 Å². The highest BCUT2D eigenvalue weighted by Crippen LogP contribution is 2.27. The average molecular weight is 402 g/mol. The van der Waals surface area contributed by atoms with Crippen molar-refractivity contribution >= 4 is 0 Å². The number of benzene rings is 1. The van der Waals surface area contributed by atoms with E-state index in [1.807, 2.05) is 0 Å². The molecule has 0 saturated carbocycles. The summed E-state index contributed by atoms with van der Waals surface area (Å²) in [7, 11) is 0. The van der Waals surface area contributed by atoms with Crippen LogP contribution in [0.1, 0.15) is 11.7 Å². The summed E-state index contributed by atoms with van der Waals surface area (Å²) in [4.78, 5) is 8.08. The van der Waals surface area contributed by atoms with E-state index in [-0.39, 0.29) is 11.4 Å². The van der Waals surface area contributed by atoms with Gasteiger partial charge in [-0.15, -0.1) is 18.3 Å². The quantitative estimate of drug-likeness (QED) is 0.632. The summed E-state index contributed by atoms with van der Waals surface area (Å²) in [5.74, 6) is -0.403. The SMILES string of the molecule is OC(C(F)F)C(c1cnc(-c2ccc(OC(F)(F)F)cc2)cn1)n1cnnn1. The molecule has 3 aromatic rings. The molecule has 0 spiro atoms. The number of halogens is 5. The first kappa shape index (κ1) is 19.5. The number of tetrazole rings is 1. The van der Waals surface area contributed by atoms with Gasteiger partial charge in [-0.2, -0.15) is 0 Å². The third-order valence-electron chi connectivity index (χ3n) is 3.59. The van der Waals surface area contributed by atoms with Gasteiger partial charge in [0, 0.05) is 5.56 Å². The normalized spacial score (nSPS) is 14.1. The molecule has 2 atom stereocenters. The van der Waals surface area contributed by atoms with Gasteiger partial charge in [0.25, 0.3) is 6.43 Å². The lowest BCUT2D eigenvalue weighted by Gasteiger charge is -2.21. The first-order valence-electron chi connectivity index (χ1n) is 7.61. The van der Waals surface area contributed by atoms with Crippen molar-refractivity contribution in [2.24, 2.45) is 0 Å². The van der Waals surface area contributed by atoms with Crippen molar-refractivity contribution in [2.45, 2.75) is 24.9 Å². The van der Waals surface area contributed by atoms with Crippen molar-refractivity contribution in [3.05, 3.63) is 48.7 Å². The average Bonchev–Trinajstić information content (AvgIpc) is 3.16. The van der Waals surface area contributed by atoms with Crippen molar-refractivity contribution < 1.29 is 31.8 Å². The molecule has 0 saturated heterocycles. The molecule has 148 valence electrons. The van der Waals surface area contributed by atoms with E-state index >= 15 is 0 Å². The van der Waals surface area contributed by atoms with Crippen LogP contribution >= 0.6 is 0 Å². The molecule has 8 nitrogen and oxygen atoms in total. The zero-order valence-corrected chi connectivity index (χ0v) is 13.7. The first-order chi connectivity index (χ1) is 13.2. The van der Waals surface area contributed by atoms with Gasteiger partial charge in [-0.05, 0) is 34.7 Å². The van der Waals surface area contributed by atoms with Gasteiger partial charge in [0.05, 0.1) is 23.8 Å². The molecular weight excluding hydrogens is 391 g/mol. The minimum Gasteiger partial charge on any atom is -0.406 e. The maximum Gasteiger partial charge on any atom is 0.573 e. The maximum atomic E-state index is 13.0. The standard InChI is InChI=1S/C15H11F5N6O2/c16-14(17)13(27)12(26-7-23-24-25-26)11-6-21-10(5-22-11)8-1-3-9(4-2-8)28-15(18,19)20/h1-7,12-14,27H. The highest BCUT2D eigenvalue weighted by molar-refractivity contribution is 5.59. The molecule has 0 fully saturated rings. The molecular formula is C15H11F5N6O2. The number of rotatable bonds is 6. The van der Waals surface area contributed by atoms with Crippen molar-refractivity contribution in [1.82, 2.24) is 30.2 Å². The van der Waals surface area contributed by atoms with Crippen molar-refractivity contribution in [3.8, 4) is 17.0 Å². The zero-order valence-electron chi connectivity index (χ0n) is 13.7. The van der Waals surface area contributed by atoms with Crippen LogP contribution in [0.4, 0.5) is 22.0 Å². The van der Waals surface area contributed by atoms with Crippen LogP contribution in [0.15, 0.2) is 43.0 Å². The van der Waals surface area contributed by atoms with Crippen LogP contribution in [-0.4, -0.2) is 54.2 Å². The molecule has 1 N–H and O–H groups in total. The van der Waals surface area contributed by atoms with Gasteiger partial charge < -0.3 is 9.84 Å². The van der Waals surface area contributed by atoms with E-state index in [1.54, 1.807) is 0 Å². The molecule has 1 aromatic carbocycles. The van der Waals surface area contributed by atoms with Gasteiger partial charge in [0.15, 0.2) is 0 Å². The van der Waals surface area contributed by atoms with E-state index in [4.69, 9.17) is 0 Å². The summed E-state index contributed by atoms with van der Waals surface area (Å²) in [6.07, 6.45) is -6.61. The van der Waals surface area contributed by atoms with Crippen LogP contribution in [-0.2, 0) is 0 Å². The largest absolute Gasteiger partial charge is 0.573 e. The molecule has 0 amide bonds. The zero-order chi connectivity index (χ0) is 20.3. The Morgan fingerprint density at radius 3 is 2.25 bits per heavy atom. The molecule has 2 heterocycles. The fraction of sp³-hybridized carbons (Fsp3) is 0.267. The Labute approximate surface area is 153 Å². The molecule has 3 rings (SSSR count). The molecule has 13 heteroatoms. The van der Waals surface area contributed by atoms with Crippen LogP contribution < -0.4 is 4.74 Å². The fourth-order valence-corrected chi connectivity index (χ4v) is 2.37. The monoisotopic (exact) mass is 402 g/mol. The molecule has 0 radical (unpaired) electrons. The number of aromatic nitrogens is 6. The minimum atomic E-state index is -4.81. The summed E-state index contributed by atoms with van der Waals surface area (Å²) >= 11 is 0. The molecule has 0 aliphatic rings. The number of hydrogen-bond acceptors (Lipinski definition) is 7. The minimum absolute atomic E-state index is 0.0270. The van der Waals surface area contributed by atoms with Crippen LogP contribution in [0.2, 0.25) is 0 Å². The third-order valence-corrected chi connectivity index (χ3v) is 3.59. The van der Waals surface area contributed by atoms with Crippen LogP contribution in [0.3, 0.4) is 0 Å². The van der Waals surface area contributed by atoms with Crippen LogP contribution in [0.25, 0.3) is 11.3 Å². The Kier molecular flexibility index (Phi) is 5.44. The Morgan fingerprint density at radius 1 is 1.04 bits per heavy atom. The molecule has 28 heavy (non-hydrogen) atoms. The highest BCUT2D eigenvalue weighted by Gasteiger charge is 2.33. The van der Waals surface area contributed by atoms with E-state index in [9.17, 15) is 27.1 Å². The summed E-state index contributed by atoms with van der Waals surface area (Å²) in [5, 5.41) is 20.0. The Balaban J connectivity index is 1.84. The topological polar surface area (TPSA) is 98.8 Å². The predicted molar refractivity (Wildman–Crippen MR) is 82.1 cm³/mol. The van der Waals surface area contributed by atoms with Crippen molar-refractivity contribution in [1.29, 1.82) is 0 Å². The van der Waals surface area contributed by atoms with E-state index in [2.05, 4.69) is 30.2 Å². The lowest BCUT2D eigenvalue weighted by atomic mass is 10.1. The molecule has 2 unspecified atom stereocenters. The third kappa shape index (κ3) is 4.54. The van der Waals surface area contributed by atoms with E-state index in [0.29, 0.717) is 5.56 Å². The first-order valence-corrected chi connectivity index (χ1v) is 7.61. The maximum absolute atomic E-state index is 13.0. The van der Waals surface area contributed by atoms with Crippen LogP contribution in [0, 0.1) is 0 Å². The Morgan fingerprint density at radius 2 is 1.75 bits per heavy atom. The Hall–Kier alpha value is -3.22. The van der Waals surface area contributed by atoms with Gasteiger partial charge in [-0.3, -0.25) is 9.97 Å². The van der Waals surface area contributed by atoms with Gasteiger partial charge in [-0.1, -0.05) is 0 Å². The number of aliphatic hydroxyl groups excluding tert-OH is 1. The van der Waals surface area contributed by atoms with Gasteiger partial charge in [0.2, 0.25) is 0 Å². The number of alkyl halides is 5. The smallest absolute Gasteiger partial charge is 0.406 e. The van der Waals surface area contributed by atoms with Gasteiger partial charge >= 0.3 is 6.36 Å². The van der Waals surface area contributed by atoms with Gasteiger partial charge in [-0.25, -0.2) is 13.5 Å². The molecule has 0 aliphatic carbocycles. The number of nitrogens with zero attached hydrogens (tertiary/aromatic N) is 6. The summed E-state index contributed by atoms with van der Waals surface area (Å²) in [5.41, 5.74) is 0.659. The molecule has 2 aromatic heterocycles. The highest BCUT2D eigenvalue weighted by atomic mass is 19.4. The van der Waals surface area contributed by atoms with Crippen molar-refractivity contribution in [2.75, 3.05) is 0 Å². The van der Waals surface area contributed by atoms with Gasteiger partial charge in [0.1, 0.15) is 24.2 Å². The summed E-state index contributed by atoms with van der Waals surface area (Å²) < 4.78 is 67.2. The second-order valence-electron chi connectivity index (χ2n) is 5.46. The van der Waals surface area contributed by atoms with E-state index < -0.39 is 30.7 Å². The molecule has 0 bridgehead atoms. The second-order valence-corrected chi connectivity index (χ2v) is 5.46. The van der Waals surface area contributed by atoms with Crippen LogP contribution in [0.5, 0.6) is 5.75 Å². The van der Waals surface area contributed by atoms with E-state index in [0.717, 1.165) is 29.3 Å². The van der Waals surface area contributed by atoms with E-state index in [1.165, 1.54) is 18.3 Å². The number of ether oxygens (including phenoxy) is 1. The predicted octanol–water partition coefficient (Wildman–Crippen LogP) is 2.24. The molecule has 0 aliphatic heterocycles. The second kappa shape index (κ2) is 7.80. The number of aliphatic hydroxyl groups is 1. The lowest BCUT2D eigenvalue weighted by Crippen LogP contribution is -2.32. The summed E-state index contributed by atoms with van der Waals surface area (Å²) in [6, 6.07) is 3.49. The Bertz CT molecular complexity index is 887.